The first-order valence-corrected chi connectivity index (χ1v) is 18.2. The van der Waals surface area contributed by atoms with E-state index in [1.807, 2.05) is 0 Å². The second-order valence-electron chi connectivity index (χ2n) is 13.7. The lowest BCUT2D eigenvalue weighted by atomic mass is 9.99. The monoisotopic (exact) mass is 689 g/mol. The highest BCUT2D eigenvalue weighted by Gasteiger charge is 2.21. The molecule has 0 spiro atoms. The molecule has 5 heteroatoms. The van der Waals surface area contributed by atoms with Crippen molar-refractivity contribution in [3.05, 3.63) is 188 Å². The lowest BCUT2D eigenvalue weighted by Crippen LogP contribution is -2.07. The number of nitrogens with zero attached hydrogens (tertiary/aromatic N) is 5. The lowest BCUT2D eigenvalue weighted by Gasteiger charge is -2.15. The minimum absolute atomic E-state index is 0.570. The van der Waals surface area contributed by atoms with Crippen LogP contribution in [0.15, 0.2) is 188 Å². The predicted molar refractivity (Wildman–Crippen MR) is 222 cm³/mol. The number of aromatic nitrogens is 5. The van der Waals surface area contributed by atoms with Crippen molar-refractivity contribution in [1.29, 1.82) is 0 Å². The van der Waals surface area contributed by atoms with E-state index in [1.165, 1.54) is 21.5 Å². The highest BCUT2D eigenvalue weighted by atomic mass is 15.2. The Morgan fingerprint density at radius 1 is 0.315 bits per heavy atom. The van der Waals surface area contributed by atoms with Gasteiger partial charge in [-0.05, 0) is 70.4 Å². The van der Waals surface area contributed by atoms with E-state index < -0.39 is 0 Å². The molecule has 11 aromatic rings. The zero-order valence-corrected chi connectivity index (χ0v) is 29.1. The molecule has 0 fully saturated rings. The van der Waals surface area contributed by atoms with Gasteiger partial charge in [0.15, 0.2) is 11.6 Å². The molecule has 252 valence electrons. The third-order valence-electron chi connectivity index (χ3n) is 10.6. The SMILES string of the molecule is c1cc(-c2ccc3ccccc3c2)cc(-c2nc(-c3ccccc3-n3c4ccccc4c4ccccc43)nc(-n3c4ccccc4c4ccccc43)n2)c1. The maximum atomic E-state index is 5.34. The molecule has 0 saturated heterocycles. The maximum absolute atomic E-state index is 5.34. The van der Waals surface area contributed by atoms with Gasteiger partial charge in [-0.3, -0.25) is 4.57 Å². The molecule has 0 saturated carbocycles. The second kappa shape index (κ2) is 12.1. The fourth-order valence-corrected chi connectivity index (χ4v) is 8.10. The van der Waals surface area contributed by atoms with Gasteiger partial charge >= 0.3 is 0 Å². The van der Waals surface area contributed by atoms with Crippen LogP contribution >= 0.6 is 0 Å². The summed E-state index contributed by atoms with van der Waals surface area (Å²) in [6.07, 6.45) is 0. The first kappa shape index (κ1) is 30.3. The number of fused-ring (bicyclic) bond motifs is 7. The van der Waals surface area contributed by atoms with E-state index in [2.05, 4.69) is 197 Å². The van der Waals surface area contributed by atoms with Gasteiger partial charge in [0.05, 0.1) is 27.8 Å². The summed E-state index contributed by atoms with van der Waals surface area (Å²) in [5, 5.41) is 7.14. The Labute approximate surface area is 311 Å². The molecule has 0 N–H and O–H groups in total. The first-order valence-electron chi connectivity index (χ1n) is 18.2. The highest BCUT2D eigenvalue weighted by Crippen LogP contribution is 2.37. The van der Waals surface area contributed by atoms with Gasteiger partial charge in [-0.25, -0.2) is 4.98 Å². The predicted octanol–water partition coefficient (Wildman–Crippen LogP) is 12.2. The highest BCUT2D eigenvalue weighted by molar-refractivity contribution is 6.10. The van der Waals surface area contributed by atoms with Crippen molar-refractivity contribution in [3.8, 4) is 45.5 Å². The summed E-state index contributed by atoms with van der Waals surface area (Å²) in [6.45, 7) is 0. The Balaban J connectivity index is 1.18. The van der Waals surface area contributed by atoms with E-state index in [4.69, 9.17) is 15.0 Å². The van der Waals surface area contributed by atoms with Gasteiger partial charge < -0.3 is 4.57 Å². The molecular formula is C49H31N5. The van der Waals surface area contributed by atoms with Crippen LogP contribution in [0.2, 0.25) is 0 Å². The van der Waals surface area contributed by atoms with Crippen molar-refractivity contribution < 1.29 is 0 Å². The largest absolute Gasteiger partial charge is 0.309 e. The molecule has 0 atom stereocenters. The molecule has 8 aromatic carbocycles. The number of rotatable bonds is 5. The average Bonchev–Trinajstić information content (AvgIpc) is 3.76. The zero-order valence-electron chi connectivity index (χ0n) is 29.1. The summed E-state index contributed by atoms with van der Waals surface area (Å²) < 4.78 is 4.51. The topological polar surface area (TPSA) is 48.5 Å². The number of hydrogen-bond acceptors (Lipinski definition) is 3. The van der Waals surface area contributed by atoms with Crippen molar-refractivity contribution in [2.45, 2.75) is 0 Å². The van der Waals surface area contributed by atoms with E-state index in [9.17, 15) is 0 Å². The number of hydrogen-bond donors (Lipinski definition) is 0. The minimum atomic E-state index is 0.570. The Hall–Kier alpha value is -7.37. The Kier molecular flexibility index (Phi) is 6.79. The second-order valence-corrected chi connectivity index (χ2v) is 13.7. The molecular weight excluding hydrogens is 659 g/mol. The third-order valence-corrected chi connectivity index (χ3v) is 10.6. The molecule has 54 heavy (non-hydrogen) atoms. The Bertz CT molecular complexity index is 3130. The fraction of sp³-hybridized carbons (Fsp3) is 0. The van der Waals surface area contributed by atoms with Crippen molar-refractivity contribution in [3.63, 3.8) is 0 Å². The molecule has 5 nitrogen and oxygen atoms in total. The van der Waals surface area contributed by atoms with Crippen LogP contribution in [0, 0.1) is 0 Å². The zero-order chi connectivity index (χ0) is 35.6. The summed E-state index contributed by atoms with van der Waals surface area (Å²) >= 11 is 0. The third kappa shape index (κ3) is 4.76. The van der Waals surface area contributed by atoms with Gasteiger partial charge in [0.25, 0.3) is 0 Å². The Morgan fingerprint density at radius 2 is 0.815 bits per heavy atom. The van der Waals surface area contributed by atoms with E-state index in [1.54, 1.807) is 0 Å². The molecule has 0 unspecified atom stereocenters. The lowest BCUT2D eigenvalue weighted by molar-refractivity contribution is 0.952. The van der Waals surface area contributed by atoms with Gasteiger partial charge in [0, 0.05) is 32.7 Å². The molecule has 11 rings (SSSR count). The fourth-order valence-electron chi connectivity index (χ4n) is 8.10. The van der Waals surface area contributed by atoms with Crippen molar-refractivity contribution in [2.75, 3.05) is 0 Å². The average molecular weight is 690 g/mol. The minimum Gasteiger partial charge on any atom is -0.309 e. The standard InChI is InChI=1S/C49H31N5/c1-2-15-33-30-35(29-28-32(33)14-1)34-16-13-17-36(31-34)47-50-48(52-49(51-47)54-44-25-10-5-20-39(44)40-21-6-11-26-45(40)54)41-22-7-12-27-46(41)53-42-23-8-3-18-37(42)38-19-4-9-24-43(38)53/h1-31H. The van der Waals surface area contributed by atoms with Crippen LogP contribution in [0.3, 0.4) is 0 Å². The van der Waals surface area contributed by atoms with E-state index in [0.717, 1.165) is 60.8 Å². The van der Waals surface area contributed by atoms with Crippen LogP contribution in [0.5, 0.6) is 0 Å². The van der Waals surface area contributed by atoms with Crippen LogP contribution in [-0.4, -0.2) is 24.1 Å². The van der Waals surface area contributed by atoms with Crippen molar-refractivity contribution >= 4 is 54.4 Å². The molecule has 0 amide bonds. The molecule has 3 aromatic heterocycles. The number of para-hydroxylation sites is 5. The maximum Gasteiger partial charge on any atom is 0.238 e. The van der Waals surface area contributed by atoms with Crippen LogP contribution < -0.4 is 0 Å². The van der Waals surface area contributed by atoms with Gasteiger partial charge in [0.2, 0.25) is 5.95 Å². The Morgan fingerprint density at radius 3 is 1.48 bits per heavy atom. The quantitative estimate of drug-likeness (QED) is 0.181. The summed E-state index contributed by atoms with van der Waals surface area (Å²) in [5.74, 6) is 1.78. The molecule has 0 aliphatic heterocycles. The van der Waals surface area contributed by atoms with Gasteiger partial charge in [0.1, 0.15) is 0 Å². The van der Waals surface area contributed by atoms with E-state index in [0.29, 0.717) is 17.6 Å². The van der Waals surface area contributed by atoms with Crippen LogP contribution in [0.1, 0.15) is 0 Å². The number of benzene rings is 8. The molecule has 0 aliphatic rings. The summed E-state index contributed by atoms with van der Waals surface area (Å²) in [7, 11) is 0. The smallest absolute Gasteiger partial charge is 0.238 e. The summed E-state index contributed by atoms with van der Waals surface area (Å²) in [4.78, 5) is 15.9. The van der Waals surface area contributed by atoms with Gasteiger partial charge in [-0.1, -0.05) is 140 Å². The first-order chi connectivity index (χ1) is 26.8. The van der Waals surface area contributed by atoms with Crippen molar-refractivity contribution in [2.24, 2.45) is 0 Å². The normalized spacial score (nSPS) is 11.7. The van der Waals surface area contributed by atoms with E-state index >= 15 is 0 Å². The van der Waals surface area contributed by atoms with Crippen molar-refractivity contribution in [1.82, 2.24) is 24.1 Å². The molecule has 0 radical (unpaired) electrons. The van der Waals surface area contributed by atoms with E-state index in [-0.39, 0.29) is 0 Å². The van der Waals surface area contributed by atoms with Crippen LogP contribution in [-0.2, 0) is 0 Å². The van der Waals surface area contributed by atoms with Crippen LogP contribution in [0.4, 0.5) is 0 Å². The molecule has 0 aliphatic carbocycles. The summed E-state index contributed by atoms with van der Waals surface area (Å²) in [5.41, 5.74) is 9.43. The van der Waals surface area contributed by atoms with Gasteiger partial charge in [-0.15, -0.1) is 0 Å². The summed E-state index contributed by atoms with van der Waals surface area (Å²) in [6, 6.07) is 66.2. The van der Waals surface area contributed by atoms with Crippen LogP contribution in [0.25, 0.3) is 99.9 Å². The molecule has 0 bridgehead atoms. The van der Waals surface area contributed by atoms with Gasteiger partial charge in [-0.2, -0.15) is 9.97 Å². The molecule has 3 heterocycles.